The Morgan fingerprint density at radius 1 is 1.50 bits per heavy atom. The molecule has 0 atom stereocenters. The first-order valence-electron chi connectivity index (χ1n) is 3.13. The number of alkyl halides is 3. The normalized spacial score (nSPS) is 12.0. The van der Waals surface area contributed by atoms with Gasteiger partial charge >= 0.3 is 6.18 Å². The van der Waals surface area contributed by atoms with Crippen molar-refractivity contribution in [2.75, 3.05) is 0 Å². The Hall–Kier alpha value is -1.04. The van der Waals surface area contributed by atoms with E-state index in [1.807, 2.05) is 0 Å². The fraction of sp³-hybridized carbons (Fsp3) is 0.500. The van der Waals surface area contributed by atoms with E-state index in [2.05, 4.69) is 9.68 Å². The lowest BCUT2D eigenvalue weighted by Crippen LogP contribution is -2.11. The van der Waals surface area contributed by atoms with Gasteiger partial charge in [-0.25, -0.2) is 0 Å². The Morgan fingerprint density at radius 2 is 2.17 bits per heavy atom. The summed E-state index contributed by atoms with van der Waals surface area (Å²) < 4.78 is 39.5. The maximum atomic E-state index is 11.7. The summed E-state index contributed by atoms with van der Waals surface area (Å²) in [5, 5.41) is 11.6. The highest BCUT2D eigenvalue weighted by molar-refractivity contribution is 5.05. The maximum Gasteiger partial charge on any atom is 0.394 e. The second kappa shape index (κ2) is 3.14. The standard InChI is InChI=1S/C6H6F3NO2/c7-6(8,9)2-4-1-5(3-11)12-10-4/h1,11H,2-3H2. The van der Waals surface area contributed by atoms with E-state index in [1.165, 1.54) is 0 Å². The monoisotopic (exact) mass is 181 g/mol. The second-order valence-electron chi connectivity index (χ2n) is 2.23. The fourth-order valence-corrected chi connectivity index (χ4v) is 0.719. The molecule has 0 spiro atoms. The molecule has 68 valence electrons. The summed E-state index contributed by atoms with van der Waals surface area (Å²) in [5.74, 6) is 0.0363. The Morgan fingerprint density at radius 3 is 2.58 bits per heavy atom. The summed E-state index contributed by atoms with van der Waals surface area (Å²) in [7, 11) is 0. The number of rotatable bonds is 2. The highest BCUT2D eigenvalue weighted by Crippen LogP contribution is 2.20. The molecule has 0 aromatic carbocycles. The zero-order chi connectivity index (χ0) is 9.19. The Labute approximate surface area is 65.8 Å². The molecule has 0 saturated heterocycles. The van der Waals surface area contributed by atoms with Gasteiger partial charge < -0.3 is 9.63 Å². The Balaban J connectivity index is 2.64. The number of aliphatic hydroxyl groups excluding tert-OH is 1. The lowest BCUT2D eigenvalue weighted by Gasteiger charge is -2.00. The predicted octanol–water partition coefficient (Wildman–Crippen LogP) is 1.27. The minimum atomic E-state index is -4.29. The molecule has 0 aliphatic heterocycles. The van der Waals surface area contributed by atoms with Crippen LogP contribution in [-0.2, 0) is 13.0 Å². The Kier molecular flexibility index (Phi) is 2.37. The number of aliphatic hydroxyl groups is 1. The summed E-state index contributed by atoms with van der Waals surface area (Å²) in [5.41, 5.74) is -0.216. The van der Waals surface area contributed by atoms with Crippen LogP contribution in [0.25, 0.3) is 0 Å². The lowest BCUT2D eigenvalue weighted by molar-refractivity contribution is -0.128. The zero-order valence-electron chi connectivity index (χ0n) is 5.93. The lowest BCUT2D eigenvalue weighted by atomic mass is 10.3. The van der Waals surface area contributed by atoms with Crippen LogP contribution < -0.4 is 0 Å². The van der Waals surface area contributed by atoms with Crippen molar-refractivity contribution in [1.82, 2.24) is 5.16 Å². The topological polar surface area (TPSA) is 46.3 Å². The van der Waals surface area contributed by atoms with Crippen molar-refractivity contribution in [2.24, 2.45) is 0 Å². The third-order valence-corrected chi connectivity index (χ3v) is 1.15. The van der Waals surface area contributed by atoms with Crippen molar-refractivity contribution in [3.05, 3.63) is 17.5 Å². The van der Waals surface area contributed by atoms with Crippen LogP contribution in [-0.4, -0.2) is 16.4 Å². The van der Waals surface area contributed by atoms with Crippen molar-refractivity contribution in [3.63, 3.8) is 0 Å². The van der Waals surface area contributed by atoms with Crippen molar-refractivity contribution in [2.45, 2.75) is 19.2 Å². The van der Waals surface area contributed by atoms with E-state index in [1.54, 1.807) is 0 Å². The summed E-state index contributed by atoms with van der Waals surface area (Å²) >= 11 is 0. The molecule has 0 fully saturated rings. The molecule has 0 saturated carbocycles. The molecule has 1 N–H and O–H groups in total. The average Bonchev–Trinajstić information content (AvgIpc) is 2.32. The molecule has 12 heavy (non-hydrogen) atoms. The largest absolute Gasteiger partial charge is 0.394 e. The first kappa shape index (κ1) is 9.05. The Bertz CT molecular complexity index is 256. The average molecular weight is 181 g/mol. The number of hydrogen-bond acceptors (Lipinski definition) is 3. The number of nitrogens with zero attached hydrogens (tertiary/aromatic N) is 1. The highest BCUT2D eigenvalue weighted by atomic mass is 19.4. The summed E-state index contributed by atoms with van der Waals surface area (Å²) in [6, 6.07) is 1.08. The van der Waals surface area contributed by atoms with Gasteiger partial charge in [-0.15, -0.1) is 0 Å². The molecule has 0 amide bonds. The van der Waals surface area contributed by atoms with Gasteiger partial charge in [-0.2, -0.15) is 13.2 Å². The molecule has 0 bridgehead atoms. The van der Waals surface area contributed by atoms with Crippen molar-refractivity contribution >= 4 is 0 Å². The van der Waals surface area contributed by atoms with Crippen LogP contribution in [0, 0.1) is 0 Å². The zero-order valence-corrected chi connectivity index (χ0v) is 5.93. The third-order valence-electron chi connectivity index (χ3n) is 1.15. The number of aromatic nitrogens is 1. The molecule has 0 aliphatic carbocycles. The van der Waals surface area contributed by atoms with E-state index >= 15 is 0 Å². The third kappa shape index (κ3) is 2.54. The molecule has 0 aliphatic rings. The molecule has 0 radical (unpaired) electrons. The van der Waals surface area contributed by atoms with Gasteiger partial charge in [0, 0.05) is 6.07 Å². The molecule has 1 aromatic heterocycles. The number of hydrogen-bond donors (Lipinski definition) is 1. The van der Waals surface area contributed by atoms with Crippen molar-refractivity contribution in [1.29, 1.82) is 0 Å². The molecule has 6 heteroatoms. The summed E-state index contributed by atoms with van der Waals surface area (Å²) in [6.07, 6.45) is -5.42. The minimum Gasteiger partial charge on any atom is -0.388 e. The van der Waals surface area contributed by atoms with E-state index < -0.39 is 19.2 Å². The van der Waals surface area contributed by atoms with Crippen molar-refractivity contribution in [3.8, 4) is 0 Å². The minimum absolute atomic E-state index is 0.0363. The molecule has 3 nitrogen and oxygen atoms in total. The smallest absolute Gasteiger partial charge is 0.388 e. The van der Waals surface area contributed by atoms with Crippen LogP contribution in [0.4, 0.5) is 13.2 Å². The summed E-state index contributed by atoms with van der Waals surface area (Å²) in [4.78, 5) is 0. The van der Waals surface area contributed by atoms with Gasteiger partial charge in [0.2, 0.25) is 0 Å². The molecule has 1 heterocycles. The molecule has 0 unspecified atom stereocenters. The van der Waals surface area contributed by atoms with Gasteiger partial charge in [0.25, 0.3) is 0 Å². The van der Waals surface area contributed by atoms with E-state index in [-0.39, 0.29) is 11.5 Å². The van der Waals surface area contributed by atoms with Crippen LogP contribution in [0.15, 0.2) is 10.6 Å². The number of halogens is 3. The van der Waals surface area contributed by atoms with Gasteiger partial charge in [-0.3, -0.25) is 0 Å². The predicted molar refractivity (Wildman–Crippen MR) is 32.2 cm³/mol. The van der Waals surface area contributed by atoms with Gasteiger partial charge in [0.05, 0.1) is 12.1 Å². The van der Waals surface area contributed by atoms with Gasteiger partial charge in [-0.05, 0) is 0 Å². The fourth-order valence-electron chi connectivity index (χ4n) is 0.719. The van der Waals surface area contributed by atoms with Crippen LogP contribution >= 0.6 is 0 Å². The van der Waals surface area contributed by atoms with E-state index in [0.29, 0.717) is 0 Å². The summed E-state index contributed by atoms with van der Waals surface area (Å²) in [6.45, 7) is -0.440. The van der Waals surface area contributed by atoms with E-state index in [0.717, 1.165) is 6.07 Å². The van der Waals surface area contributed by atoms with Gasteiger partial charge in [-0.1, -0.05) is 5.16 Å². The van der Waals surface area contributed by atoms with E-state index in [9.17, 15) is 13.2 Å². The molecular weight excluding hydrogens is 175 g/mol. The molecular formula is C6H6F3NO2. The molecule has 1 aromatic rings. The van der Waals surface area contributed by atoms with Gasteiger partial charge in [0.15, 0.2) is 5.76 Å². The van der Waals surface area contributed by atoms with Crippen LogP contribution in [0.5, 0.6) is 0 Å². The quantitative estimate of drug-likeness (QED) is 0.747. The highest BCUT2D eigenvalue weighted by Gasteiger charge is 2.29. The SMILES string of the molecule is OCc1cc(CC(F)(F)F)no1. The van der Waals surface area contributed by atoms with Crippen LogP contribution in [0.1, 0.15) is 11.5 Å². The van der Waals surface area contributed by atoms with Crippen molar-refractivity contribution < 1.29 is 22.8 Å². The first-order chi connectivity index (χ1) is 5.51. The van der Waals surface area contributed by atoms with Crippen LogP contribution in [0.3, 0.4) is 0 Å². The van der Waals surface area contributed by atoms with E-state index in [4.69, 9.17) is 5.11 Å². The second-order valence-corrected chi connectivity index (χ2v) is 2.23. The molecule has 1 rings (SSSR count). The first-order valence-corrected chi connectivity index (χ1v) is 3.13. The maximum absolute atomic E-state index is 11.7. The van der Waals surface area contributed by atoms with Gasteiger partial charge in [0.1, 0.15) is 6.61 Å². The van der Waals surface area contributed by atoms with Crippen LogP contribution in [0.2, 0.25) is 0 Å².